The third kappa shape index (κ3) is 2.05. The number of phenolic OH excluding ortho intramolecular Hbond substituents is 1. The zero-order valence-corrected chi connectivity index (χ0v) is 10.5. The Hall–Kier alpha value is -2.76. The van der Waals surface area contributed by atoms with E-state index in [1.54, 1.807) is 0 Å². The molecule has 0 unspecified atom stereocenters. The summed E-state index contributed by atoms with van der Waals surface area (Å²) in [7, 11) is 0. The highest BCUT2D eigenvalue weighted by Gasteiger charge is 2.15. The fraction of sp³-hybridized carbons (Fsp3) is 0. The summed E-state index contributed by atoms with van der Waals surface area (Å²) >= 11 is 0. The molecule has 0 radical (unpaired) electrons. The van der Waals surface area contributed by atoms with Gasteiger partial charge in [-0.2, -0.15) is 0 Å². The number of hydrogen-bond donors (Lipinski definition) is 2. The highest BCUT2D eigenvalue weighted by molar-refractivity contribution is 5.99. The van der Waals surface area contributed by atoms with Crippen LogP contribution in [0, 0.1) is 17.5 Å². The molecular formula is C15H8F3NO2. The second-order valence-electron chi connectivity index (χ2n) is 4.49. The first-order valence-corrected chi connectivity index (χ1v) is 5.97. The van der Waals surface area contributed by atoms with Crippen molar-refractivity contribution in [3.8, 4) is 16.9 Å². The summed E-state index contributed by atoms with van der Waals surface area (Å²) in [6.07, 6.45) is 1.22. The van der Waals surface area contributed by atoms with Crippen molar-refractivity contribution in [3.05, 3.63) is 64.3 Å². The van der Waals surface area contributed by atoms with Gasteiger partial charge in [0.25, 0.3) is 5.56 Å². The van der Waals surface area contributed by atoms with Crippen molar-refractivity contribution in [1.82, 2.24) is 4.98 Å². The SMILES string of the molecule is O=c1[nH]cc(-c2cc(F)c(F)c(F)c2)c2c(O)cccc12. The number of hydrogen-bond acceptors (Lipinski definition) is 2. The van der Waals surface area contributed by atoms with E-state index in [1.807, 2.05) is 0 Å². The van der Waals surface area contributed by atoms with Gasteiger partial charge in [0.15, 0.2) is 17.5 Å². The molecule has 2 N–H and O–H groups in total. The van der Waals surface area contributed by atoms with Crippen LogP contribution in [0.25, 0.3) is 21.9 Å². The molecule has 0 saturated carbocycles. The van der Waals surface area contributed by atoms with Crippen molar-refractivity contribution in [2.24, 2.45) is 0 Å². The lowest BCUT2D eigenvalue weighted by molar-refractivity contribution is 0.447. The highest BCUT2D eigenvalue weighted by Crippen LogP contribution is 2.33. The van der Waals surface area contributed by atoms with Crippen molar-refractivity contribution in [2.75, 3.05) is 0 Å². The molecule has 0 fully saturated rings. The summed E-state index contributed by atoms with van der Waals surface area (Å²) < 4.78 is 39.7. The Kier molecular flexibility index (Phi) is 2.94. The van der Waals surface area contributed by atoms with Crippen LogP contribution in [0.3, 0.4) is 0 Å². The Bertz CT molecular complexity index is 895. The van der Waals surface area contributed by atoms with Crippen LogP contribution in [0.2, 0.25) is 0 Å². The number of aromatic amines is 1. The van der Waals surface area contributed by atoms with Crippen LogP contribution in [0.4, 0.5) is 13.2 Å². The van der Waals surface area contributed by atoms with Crippen molar-refractivity contribution in [1.29, 1.82) is 0 Å². The topological polar surface area (TPSA) is 53.1 Å². The molecule has 0 spiro atoms. The number of aromatic nitrogens is 1. The molecule has 3 aromatic rings. The molecule has 1 heterocycles. The summed E-state index contributed by atoms with van der Waals surface area (Å²) in [5, 5.41) is 10.2. The van der Waals surface area contributed by atoms with Gasteiger partial charge >= 0.3 is 0 Å². The van der Waals surface area contributed by atoms with Crippen molar-refractivity contribution >= 4 is 10.8 Å². The average molecular weight is 291 g/mol. The first-order valence-electron chi connectivity index (χ1n) is 5.97. The number of pyridine rings is 1. The van der Waals surface area contributed by atoms with Gasteiger partial charge in [0.05, 0.1) is 5.39 Å². The smallest absolute Gasteiger partial charge is 0.255 e. The lowest BCUT2D eigenvalue weighted by Gasteiger charge is -2.09. The van der Waals surface area contributed by atoms with E-state index in [1.165, 1.54) is 24.4 Å². The van der Waals surface area contributed by atoms with Crippen LogP contribution in [0.5, 0.6) is 5.75 Å². The first-order chi connectivity index (χ1) is 9.99. The van der Waals surface area contributed by atoms with E-state index >= 15 is 0 Å². The maximum atomic E-state index is 13.4. The molecule has 0 atom stereocenters. The van der Waals surface area contributed by atoms with Crippen LogP contribution >= 0.6 is 0 Å². The number of aromatic hydroxyl groups is 1. The molecule has 2 aromatic carbocycles. The molecule has 0 saturated heterocycles. The fourth-order valence-corrected chi connectivity index (χ4v) is 2.24. The van der Waals surface area contributed by atoms with Gasteiger partial charge in [-0.25, -0.2) is 13.2 Å². The molecule has 0 bridgehead atoms. The maximum absolute atomic E-state index is 13.4. The molecule has 0 aliphatic rings. The summed E-state index contributed by atoms with van der Waals surface area (Å²) in [5.41, 5.74) is -0.248. The largest absolute Gasteiger partial charge is 0.507 e. The van der Waals surface area contributed by atoms with Crippen LogP contribution in [0.1, 0.15) is 0 Å². The number of nitrogens with one attached hydrogen (secondary N) is 1. The van der Waals surface area contributed by atoms with Crippen LogP contribution in [-0.4, -0.2) is 10.1 Å². The van der Waals surface area contributed by atoms with Crippen LogP contribution < -0.4 is 5.56 Å². The lowest BCUT2D eigenvalue weighted by Crippen LogP contribution is -2.06. The van der Waals surface area contributed by atoms with Crippen molar-refractivity contribution in [2.45, 2.75) is 0 Å². The molecule has 106 valence electrons. The second-order valence-corrected chi connectivity index (χ2v) is 4.49. The molecular weight excluding hydrogens is 283 g/mol. The average Bonchev–Trinajstić information content (AvgIpc) is 2.45. The number of fused-ring (bicyclic) bond motifs is 1. The van der Waals surface area contributed by atoms with Crippen molar-refractivity contribution in [3.63, 3.8) is 0 Å². The third-order valence-electron chi connectivity index (χ3n) is 3.20. The summed E-state index contributed by atoms with van der Waals surface area (Å²) in [5.74, 6) is -4.48. The summed E-state index contributed by atoms with van der Waals surface area (Å²) in [6.45, 7) is 0. The van der Waals surface area contributed by atoms with Crippen molar-refractivity contribution < 1.29 is 18.3 Å². The fourth-order valence-electron chi connectivity index (χ4n) is 2.24. The van der Waals surface area contributed by atoms with E-state index in [9.17, 15) is 23.1 Å². The third-order valence-corrected chi connectivity index (χ3v) is 3.20. The minimum Gasteiger partial charge on any atom is -0.507 e. The van der Waals surface area contributed by atoms with Crippen LogP contribution in [0.15, 0.2) is 41.3 Å². The number of phenols is 1. The van der Waals surface area contributed by atoms with E-state index in [0.717, 1.165) is 12.1 Å². The lowest BCUT2D eigenvalue weighted by atomic mass is 10.00. The van der Waals surface area contributed by atoms with Gasteiger partial charge < -0.3 is 10.1 Å². The van der Waals surface area contributed by atoms with Gasteiger partial charge in [0.2, 0.25) is 0 Å². The van der Waals surface area contributed by atoms with Gasteiger partial charge in [-0.3, -0.25) is 4.79 Å². The highest BCUT2D eigenvalue weighted by atomic mass is 19.2. The van der Waals surface area contributed by atoms with E-state index in [4.69, 9.17) is 0 Å². The van der Waals surface area contributed by atoms with Gasteiger partial charge in [0, 0.05) is 17.1 Å². The Balaban J connectivity index is 2.41. The maximum Gasteiger partial charge on any atom is 0.255 e. The Morgan fingerprint density at radius 1 is 1.05 bits per heavy atom. The summed E-state index contributed by atoms with van der Waals surface area (Å²) in [4.78, 5) is 14.1. The molecule has 0 aliphatic heterocycles. The quantitative estimate of drug-likeness (QED) is 0.676. The van der Waals surface area contributed by atoms with Gasteiger partial charge in [-0.1, -0.05) is 6.07 Å². The molecule has 1 aromatic heterocycles. The number of rotatable bonds is 1. The van der Waals surface area contributed by atoms with Gasteiger partial charge in [-0.05, 0) is 29.8 Å². The molecule has 0 amide bonds. The normalized spacial score (nSPS) is 11.0. The van der Waals surface area contributed by atoms with E-state index < -0.39 is 23.0 Å². The zero-order chi connectivity index (χ0) is 15.1. The Morgan fingerprint density at radius 2 is 1.71 bits per heavy atom. The minimum absolute atomic E-state index is 0.00847. The van der Waals surface area contributed by atoms with E-state index in [-0.39, 0.29) is 27.6 Å². The standard InChI is InChI=1S/C15H8F3NO2/c16-10-4-7(5-11(17)14(10)18)9-6-19-15(21)8-2-1-3-12(20)13(8)9/h1-6,20H,(H,19,21). The number of benzene rings is 2. The zero-order valence-electron chi connectivity index (χ0n) is 10.5. The predicted octanol–water partition coefficient (Wildman–Crippen LogP) is 3.32. The van der Waals surface area contributed by atoms with Gasteiger partial charge in [-0.15, -0.1) is 0 Å². The second kappa shape index (κ2) is 4.66. The first kappa shape index (κ1) is 13.2. The van der Waals surface area contributed by atoms with Crippen LogP contribution in [-0.2, 0) is 0 Å². The van der Waals surface area contributed by atoms with Gasteiger partial charge in [0.1, 0.15) is 5.75 Å². The minimum atomic E-state index is -1.57. The predicted molar refractivity (Wildman–Crippen MR) is 71.5 cm³/mol. The molecule has 0 aliphatic carbocycles. The summed E-state index contributed by atoms with van der Waals surface area (Å²) in [6, 6.07) is 5.90. The molecule has 21 heavy (non-hydrogen) atoms. The number of halogens is 3. The number of H-pyrrole nitrogens is 1. The molecule has 6 heteroatoms. The van der Waals surface area contributed by atoms with E-state index in [0.29, 0.717) is 0 Å². The monoisotopic (exact) mass is 291 g/mol. The molecule has 3 rings (SSSR count). The molecule has 3 nitrogen and oxygen atoms in total. The van der Waals surface area contributed by atoms with E-state index in [2.05, 4.69) is 4.98 Å². The Labute approximate surface area is 116 Å². The Morgan fingerprint density at radius 3 is 2.38 bits per heavy atom.